The molecule has 0 aliphatic carbocycles. The van der Waals surface area contributed by atoms with E-state index in [1.165, 1.54) is 21.6 Å². The molecule has 1 atom stereocenters. The van der Waals surface area contributed by atoms with Crippen LogP contribution in [0.1, 0.15) is 16.8 Å². The molecule has 1 unspecified atom stereocenters. The third-order valence-electron chi connectivity index (χ3n) is 5.38. The molecule has 0 spiro atoms. The highest BCUT2D eigenvalue weighted by Gasteiger charge is 2.25. The Labute approximate surface area is 173 Å². The van der Waals surface area contributed by atoms with Gasteiger partial charge < -0.3 is 19.3 Å². The summed E-state index contributed by atoms with van der Waals surface area (Å²) in [5.74, 6) is 1.57. The van der Waals surface area contributed by atoms with Crippen LogP contribution in [-0.2, 0) is 4.74 Å². The zero-order valence-corrected chi connectivity index (χ0v) is 16.8. The van der Waals surface area contributed by atoms with Gasteiger partial charge >= 0.3 is 0 Å². The largest absolute Gasteiger partial charge is 0.472 e. The van der Waals surface area contributed by atoms with E-state index in [-0.39, 0.29) is 12.0 Å². The number of benzene rings is 1. The molecule has 0 N–H and O–H groups in total. The summed E-state index contributed by atoms with van der Waals surface area (Å²) < 4.78 is 16.9. The number of nitrogens with zero attached hydrogens (tertiary/aromatic N) is 4. The fourth-order valence-corrected chi connectivity index (χ4v) is 4.55. The van der Waals surface area contributed by atoms with Crippen molar-refractivity contribution in [2.45, 2.75) is 12.5 Å². The van der Waals surface area contributed by atoms with Crippen molar-refractivity contribution in [1.82, 2.24) is 14.3 Å². The van der Waals surface area contributed by atoms with Crippen LogP contribution in [-0.4, -0.2) is 65.7 Å². The SMILES string of the molecule is O=C(c1ccc(OC2CCOC2)nc1)N1CCN(c2nsc3ccccc23)CC1. The van der Waals surface area contributed by atoms with E-state index in [4.69, 9.17) is 9.47 Å². The lowest BCUT2D eigenvalue weighted by atomic mass is 10.2. The molecular weight excluding hydrogens is 388 g/mol. The van der Waals surface area contributed by atoms with Gasteiger partial charge in [0, 0.05) is 50.2 Å². The number of pyridine rings is 1. The zero-order chi connectivity index (χ0) is 19.6. The van der Waals surface area contributed by atoms with Crippen molar-refractivity contribution < 1.29 is 14.3 Å². The molecule has 0 saturated carbocycles. The predicted molar refractivity (Wildman–Crippen MR) is 112 cm³/mol. The first-order valence-corrected chi connectivity index (χ1v) is 10.6. The molecule has 1 aromatic carbocycles. The number of amides is 1. The topological polar surface area (TPSA) is 67.8 Å². The lowest BCUT2D eigenvalue weighted by molar-refractivity contribution is 0.0746. The quantitative estimate of drug-likeness (QED) is 0.659. The van der Waals surface area contributed by atoms with Gasteiger partial charge in [0.25, 0.3) is 5.91 Å². The summed E-state index contributed by atoms with van der Waals surface area (Å²) >= 11 is 1.52. The van der Waals surface area contributed by atoms with Gasteiger partial charge in [0.2, 0.25) is 5.88 Å². The molecule has 0 radical (unpaired) electrons. The van der Waals surface area contributed by atoms with Gasteiger partial charge in [-0.05, 0) is 29.7 Å². The Morgan fingerprint density at radius 2 is 2.00 bits per heavy atom. The van der Waals surface area contributed by atoms with Crippen LogP contribution in [0.4, 0.5) is 5.82 Å². The van der Waals surface area contributed by atoms with Gasteiger partial charge in [-0.3, -0.25) is 4.79 Å². The maximum absolute atomic E-state index is 12.9. The summed E-state index contributed by atoms with van der Waals surface area (Å²) in [6.07, 6.45) is 2.54. The van der Waals surface area contributed by atoms with Crippen LogP contribution in [0.15, 0.2) is 42.6 Å². The minimum atomic E-state index is 0.0102. The Kier molecular flexibility index (Phi) is 5.03. The number of hydrogen-bond donors (Lipinski definition) is 0. The summed E-state index contributed by atoms with van der Waals surface area (Å²) in [5.41, 5.74) is 0.590. The Balaban J connectivity index is 1.21. The van der Waals surface area contributed by atoms with Crippen LogP contribution in [0.2, 0.25) is 0 Å². The fourth-order valence-electron chi connectivity index (χ4n) is 3.76. The van der Waals surface area contributed by atoms with E-state index in [0.29, 0.717) is 31.1 Å². The number of carbonyl (C=O) groups excluding carboxylic acids is 1. The van der Waals surface area contributed by atoms with Crippen LogP contribution in [0, 0.1) is 0 Å². The molecule has 1 amide bonds. The minimum absolute atomic E-state index is 0.0102. The van der Waals surface area contributed by atoms with Crippen molar-refractivity contribution >= 4 is 33.3 Å². The van der Waals surface area contributed by atoms with Crippen molar-refractivity contribution in [3.8, 4) is 5.88 Å². The lowest BCUT2D eigenvalue weighted by Gasteiger charge is -2.35. The molecule has 2 saturated heterocycles. The van der Waals surface area contributed by atoms with E-state index in [0.717, 1.165) is 31.9 Å². The van der Waals surface area contributed by atoms with Crippen LogP contribution in [0.5, 0.6) is 5.88 Å². The average Bonchev–Trinajstić information content (AvgIpc) is 3.44. The van der Waals surface area contributed by atoms with Gasteiger partial charge in [-0.2, -0.15) is 4.37 Å². The fraction of sp³-hybridized carbons (Fsp3) is 0.381. The van der Waals surface area contributed by atoms with Gasteiger partial charge in [-0.15, -0.1) is 0 Å². The molecule has 2 fully saturated rings. The first kappa shape index (κ1) is 18.3. The second-order valence-electron chi connectivity index (χ2n) is 7.27. The number of carbonyl (C=O) groups is 1. The number of aromatic nitrogens is 2. The monoisotopic (exact) mass is 410 g/mol. The maximum Gasteiger partial charge on any atom is 0.255 e. The minimum Gasteiger partial charge on any atom is -0.472 e. The molecular formula is C21H22N4O3S. The molecule has 0 bridgehead atoms. The second kappa shape index (κ2) is 7.96. The summed E-state index contributed by atoms with van der Waals surface area (Å²) in [5, 5.41) is 1.18. The molecule has 3 aromatic rings. The van der Waals surface area contributed by atoms with Gasteiger partial charge in [-0.1, -0.05) is 12.1 Å². The van der Waals surface area contributed by atoms with E-state index in [1.807, 2.05) is 17.0 Å². The standard InChI is InChI=1S/C21H22N4O3S/c26-21(15-5-6-19(22-13-15)28-16-7-12-27-14-16)25-10-8-24(9-11-25)20-17-3-1-2-4-18(17)29-23-20/h1-6,13,16H,7-12,14H2. The number of piperazine rings is 1. The smallest absolute Gasteiger partial charge is 0.255 e. The molecule has 2 aliphatic heterocycles. The van der Waals surface area contributed by atoms with Crippen molar-refractivity contribution in [2.75, 3.05) is 44.3 Å². The second-order valence-corrected chi connectivity index (χ2v) is 8.08. The van der Waals surface area contributed by atoms with Gasteiger partial charge in [0.1, 0.15) is 11.9 Å². The zero-order valence-electron chi connectivity index (χ0n) is 16.0. The number of fused-ring (bicyclic) bond motifs is 1. The molecule has 2 aliphatic rings. The molecule has 29 heavy (non-hydrogen) atoms. The van der Waals surface area contributed by atoms with Crippen LogP contribution in [0.25, 0.3) is 10.1 Å². The van der Waals surface area contributed by atoms with Crippen molar-refractivity contribution in [3.63, 3.8) is 0 Å². The van der Waals surface area contributed by atoms with E-state index < -0.39 is 0 Å². The Bertz CT molecular complexity index is 993. The molecule has 2 aromatic heterocycles. The maximum atomic E-state index is 12.9. The van der Waals surface area contributed by atoms with Gasteiger partial charge in [-0.25, -0.2) is 4.98 Å². The highest BCUT2D eigenvalue weighted by atomic mass is 32.1. The van der Waals surface area contributed by atoms with Gasteiger partial charge in [0.15, 0.2) is 0 Å². The normalized spacial score (nSPS) is 19.7. The predicted octanol–water partition coefficient (Wildman–Crippen LogP) is 2.82. The Morgan fingerprint density at radius 3 is 2.76 bits per heavy atom. The van der Waals surface area contributed by atoms with Crippen LogP contribution in [0.3, 0.4) is 0 Å². The van der Waals surface area contributed by atoms with Gasteiger partial charge in [0.05, 0.1) is 23.5 Å². The Morgan fingerprint density at radius 1 is 1.14 bits per heavy atom. The average molecular weight is 410 g/mol. The van der Waals surface area contributed by atoms with Crippen molar-refractivity contribution in [2.24, 2.45) is 0 Å². The van der Waals surface area contributed by atoms with Crippen molar-refractivity contribution in [3.05, 3.63) is 48.2 Å². The third kappa shape index (κ3) is 3.77. The summed E-state index contributed by atoms with van der Waals surface area (Å²) in [4.78, 5) is 21.3. The molecule has 4 heterocycles. The number of rotatable bonds is 4. The number of anilines is 1. The van der Waals surface area contributed by atoms with E-state index in [1.54, 1.807) is 18.3 Å². The summed E-state index contributed by atoms with van der Waals surface area (Å²) in [6, 6.07) is 11.8. The lowest BCUT2D eigenvalue weighted by Crippen LogP contribution is -2.49. The first-order valence-electron chi connectivity index (χ1n) is 9.87. The molecule has 5 rings (SSSR count). The van der Waals surface area contributed by atoms with Crippen LogP contribution < -0.4 is 9.64 Å². The number of hydrogen-bond acceptors (Lipinski definition) is 7. The highest BCUT2D eigenvalue weighted by molar-refractivity contribution is 7.13. The van der Waals surface area contributed by atoms with E-state index in [2.05, 4.69) is 26.4 Å². The van der Waals surface area contributed by atoms with Crippen LogP contribution >= 0.6 is 11.5 Å². The summed E-state index contributed by atoms with van der Waals surface area (Å²) in [6.45, 7) is 4.21. The van der Waals surface area contributed by atoms with Crippen molar-refractivity contribution in [1.29, 1.82) is 0 Å². The third-order valence-corrected chi connectivity index (χ3v) is 6.20. The van der Waals surface area contributed by atoms with E-state index >= 15 is 0 Å². The van der Waals surface area contributed by atoms with E-state index in [9.17, 15) is 4.79 Å². The molecule has 7 nitrogen and oxygen atoms in total. The molecule has 150 valence electrons. The Hall–Kier alpha value is -2.71. The number of ether oxygens (including phenoxy) is 2. The summed E-state index contributed by atoms with van der Waals surface area (Å²) in [7, 11) is 0. The molecule has 8 heteroatoms. The first-order chi connectivity index (χ1) is 14.3. The highest BCUT2D eigenvalue weighted by Crippen LogP contribution is 2.30.